The van der Waals surface area contributed by atoms with Gasteiger partial charge in [0.1, 0.15) is 0 Å². The van der Waals surface area contributed by atoms with E-state index in [2.05, 4.69) is 5.32 Å². The van der Waals surface area contributed by atoms with Crippen LogP contribution in [0.25, 0.3) is 0 Å². The normalized spacial score (nSPS) is 26.1. The summed E-state index contributed by atoms with van der Waals surface area (Å²) in [5.41, 5.74) is 0. The fourth-order valence-corrected chi connectivity index (χ4v) is 3.67. The third kappa shape index (κ3) is 3.99. The van der Waals surface area contributed by atoms with E-state index in [1.165, 1.54) is 0 Å². The van der Waals surface area contributed by atoms with Crippen LogP contribution in [-0.4, -0.2) is 37.8 Å². The zero-order valence-corrected chi connectivity index (χ0v) is 10.3. The molecule has 1 N–H and O–H groups in total. The minimum atomic E-state index is -2.98. The largest absolute Gasteiger partial charge is 0.353 e. The first-order chi connectivity index (χ1) is 6.94. The van der Waals surface area contributed by atoms with Gasteiger partial charge in [0.25, 0.3) is 0 Å². The second-order valence-corrected chi connectivity index (χ2v) is 6.59. The highest BCUT2D eigenvalue weighted by molar-refractivity contribution is 7.91. The SMILES string of the molecule is CC(CCCl)NC(=O)C1CCS(=O)(=O)C1. The highest BCUT2D eigenvalue weighted by Gasteiger charge is 2.33. The number of carbonyl (C=O) groups excluding carboxylic acids is 1. The maximum atomic E-state index is 11.6. The molecule has 4 nitrogen and oxygen atoms in total. The van der Waals surface area contributed by atoms with Crippen molar-refractivity contribution in [2.75, 3.05) is 17.4 Å². The molecule has 15 heavy (non-hydrogen) atoms. The fraction of sp³-hybridized carbons (Fsp3) is 0.889. The van der Waals surface area contributed by atoms with Gasteiger partial charge in [0.05, 0.1) is 17.4 Å². The van der Waals surface area contributed by atoms with E-state index in [0.29, 0.717) is 18.7 Å². The van der Waals surface area contributed by atoms with E-state index in [4.69, 9.17) is 11.6 Å². The van der Waals surface area contributed by atoms with Crippen molar-refractivity contribution < 1.29 is 13.2 Å². The van der Waals surface area contributed by atoms with Crippen molar-refractivity contribution in [2.45, 2.75) is 25.8 Å². The first-order valence-corrected chi connectivity index (χ1v) is 7.37. The molecule has 0 aromatic rings. The van der Waals surface area contributed by atoms with Crippen LogP contribution in [0, 0.1) is 5.92 Å². The van der Waals surface area contributed by atoms with Crippen molar-refractivity contribution in [1.82, 2.24) is 5.32 Å². The molecule has 0 saturated carbocycles. The summed E-state index contributed by atoms with van der Waals surface area (Å²) in [7, 11) is -2.98. The summed E-state index contributed by atoms with van der Waals surface area (Å²) in [6, 6.07) is 0.0123. The molecule has 0 spiro atoms. The monoisotopic (exact) mass is 253 g/mol. The Hall–Kier alpha value is -0.290. The smallest absolute Gasteiger partial charge is 0.224 e. The van der Waals surface area contributed by atoms with Crippen LogP contribution in [0.5, 0.6) is 0 Å². The van der Waals surface area contributed by atoms with E-state index >= 15 is 0 Å². The summed E-state index contributed by atoms with van der Waals surface area (Å²) in [5, 5.41) is 2.77. The molecule has 1 rings (SSSR count). The van der Waals surface area contributed by atoms with Crippen LogP contribution in [-0.2, 0) is 14.6 Å². The molecule has 1 fully saturated rings. The van der Waals surface area contributed by atoms with Crippen LogP contribution >= 0.6 is 11.6 Å². The average molecular weight is 254 g/mol. The molecule has 2 atom stereocenters. The summed E-state index contributed by atoms with van der Waals surface area (Å²) in [6.45, 7) is 1.86. The van der Waals surface area contributed by atoms with E-state index < -0.39 is 9.84 Å². The van der Waals surface area contributed by atoms with E-state index in [-0.39, 0.29) is 29.4 Å². The maximum absolute atomic E-state index is 11.6. The fourth-order valence-electron chi connectivity index (χ4n) is 1.60. The van der Waals surface area contributed by atoms with Crippen LogP contribution < -0.4 is 5.32 Å². The molecular formula is C9H16ClNO3S. The van der Waals surface area contributed by atoms with E-state index in [0.717, 1.165) is 0 Å². The first kappa shape index (κ1) is 12.8. The number of amides is 1. The minimum absolute atomic E-state index is 0.00751. The molecule has 1 heterocycles. The lowest BCUT2D eigenvalue weighted by Gasteiger charge is -2.15. The lowest BCUT2D eigenvalue weighted by atomic mass is 10.1. The van der Waals surface area contributed by atoms with E-state index in [1.807, 2.05) is 6.92 Å². The second kappa shape index (κ2) is 5.16. The lowest BCUT2D eigenvalue weighted by molar-refractivity contribution is -0.124. The number of halogens is 1. The van der Waals surface area contributed by atoms with Gasteiger partial charge in [-0.2, -0.15) is 0 Å². The van der Waals surface area contributed by atoms with Crippen molar-refractivity contribution in [2.24, 2.45) is 5.92 Å². The molecule has 1 aliphatic heterocycles. The maximum Gasteiger partial charge on any atom is 0.224 e. The summed E-state index contributed by atoms with van der Waals surface area (Å²) in [6.07, 6.45) is 1.15. The number of sulfone groups is 1. The Balaban J connectivity index is 2.42. The number of hydrogen-bond donors (Lipinski definition) is 1. The van der Waals surface area contributed by atoms with Gasteiger partial charge in [-0.25, -0.2) is 8.42 Å². The number of rotatable bonds is 4. The molecule has 2 unspecified atom stereocenters. The Labute approximate surface area is 95.3 Å². The van der Waals surface area contributed by atoms with Gasteiger partial charge in [-0.3, -0.25) is 4.79 Å². The summed E-state index contributed by atoms with van der Waals surface area (Å²) >= 11 is 5.54. The molecule has 88 valence electrons. The van der Waals surface area contributed by atoms with Gasteiger partial charge < -0.3 is 5.32 Å². The van der Waals surface area contributed by atoms with Crippen molar-refractivity contribution in [3.8, 4) is 0 Å². The van der Waals surface area contributed by atoms with Crippen molar-refractivity contribution in [3.05, 3.63) is 0 Å². The second-order valence-electron chi connectivity index (χ2n) is 3.99. The standard InChI is InChI=1S/C9H16ClNO3S/c1-7(2-4-10)11-9(12)8-3-5-15(13,14)6-8/h7-8H,2-6H2,1H3,(H,11,12). The lowest BCUT2D eigenvalue weighted by Crippen LogP contribution is -2.37. The first-order valence-electron chi connectivity index (χ1n) is 5.01. The zero-order valence-electron chi connectivity index (χ0n) is 8.70. The predicted octanol–water partition coefficient (Wildman–Crippen LogP) is 0.555. The van der Waals surface area contributed by atoms with Gasteiger partial charge in [0.15, 0.2) is 9.84 Å². The Morgan fingerprint density at radius 1 is 1.60 bits per heavy atom. The van der Waals surface area contributed by atoms with Crippen molar-refractivity contribution in [3.63, 3.8) is 0 Å². The molecular weight excluding hydrogens is 238 g/mol. The Bertz CT molecular complexity index is 328. The van der Waals surface area contributed by atoms with Gasteiger partial charge in [-0.1, -0.05) is 0 Å². The molecule has 0 aromatic carbocycles. The number of hydrogen-bond acceptors (Lipinski definition) is 3. The molecule has 1 aliphatic rings. The Kier molecular flexibility index (Phi) is 4.40. The summed E-state index contributed by atoms with van der Waals surface area (Å²) in [5.74, 6) is 0.0905. The van der Waals surface area contributed by atoms with Crippen LogP contribution in [0.3, 0.4) is 0 Å². The minimum Gasteiger partial charge on any atom is -0.353 e. The Morgan fingerprint density at radius 2 is 2.27 bits per heavy atom. The quantitative estimate of drug-likeness (QED) is 0.745. The number of alkyl halides is 1. The van der Waals surface area contributed by atoms with Gasteiger partial charge in [-0.05, 0) is 19.8 Å². The molecule has 6 heteroatoms. The third-order valence-corrected chi connectivity index (χ3v) is 4.52. The third-order valence-electron chi connectivity index (χ3n) is 2.53. The highest BCUT2D eigenvalue weighted by atomic mass is 35.5. The van der Waals surface area contributed by atoms with E-state index in [1.54, 1.807) is 0 Å². The Morgan fingerprint density at radius 3 is 2.73 bits per heavy atom. The predicted molar refractivity (Wildman–Crippen MR) is 59.7 cm³/mol. The molecule has 0 aliphatic carbocycles. The van der Waals surface area contributed by atoms with Gasteiger partial charge in [-0.15, -0.1) is 11.6 Å². The van der Waals surface area contributed by atoms with Crippen molar-refractivity contribution >= 4 is 27.3 Å². The van der Waals surface area contributed by atoms with Gasteiger partial charge in [0.2, 0.25) is 5.91 Å². The number of carbonyl (C=O) groups is 1. The topological polar surface area (TPSA) is 63.2 Å². The summed E-state index contributed by atoms with van der Waals surface area (Å²) < 4.78 is 22.3. The molecule has 0 aromatic heterocycles. The molecule has 1 amide bonds. The molecule has 0 radical (unpaired) electrons. The highest BCUT2D eigenvalue weighted by Crippen LogP contribution is 2.18. The van der Waals surface area contributed by atoms with Crippen molar-refractivity contribution in [1.29, 1.82) is 0 Å². The summed E-state index contributed by atoms with van der Waals surface area (Å²) in [4.78, 5) is 11.6. The van der Waals surface area contributed by atoms with Crippen LogP contribution in [0.4, 0.5) is 0 Å². The molecule has 1 saturated heterocycles. The van der Waals surface area contributed by atoms with Gasteiger partial charge in [0, 0.05) is 11.9 Å². The van der Waals surface area contributed by atoms with Gasteiger partial charge >= 0.3 is 0 Å². The van der Waals surface area contributed by atoms with Crippen LogP contribution in [0.1, 0.15) is 19.8 Å². The molecule has 0 bridgehead atoms. The zero-order chi connectivity index (χ0) is 11.5. The van der Waals surface area contributed by atoms with Crippen LogP contribution in [0.15, 0.2) is 0 Å². The average Bonchev–Trinajstić information content (AvgIpc) is 2.46. The number of nitrogens with one attached hydrogen (secondary N) is 1. The van der Waals surface area contributed by atoms with E-state index in [9.17, 15) is 13.2 Å². The van der Waals surface area contributed by atoms with Crippen LogP contribution in [0.2, 0.25) is 0 Å².